The topological polar surface area (TPSA) is 118 Å². The maximum atomic E-state index is 12.3. The van der Waals surface area contributed by atoms with Crippen molar-refractivity contribution in [3.8, 4) is 0 Å². The van der Waals surface area contributed by atoms with Gasteiger partial charge >= 0.3 is 0 Å². The van der Waals surface area contributed by atoms with Gasteiger partial charge in [0.15, 0.2) is 4.90 Å². The minimum absolute atomic E-state index is 0.0799. The van der Waals surface area contributed by atoms with Crippen LogP contribution in [0.1, 0.15) is 11.4 Å². The number of anilines is 1. The SMILES string of the molecule is Cc1n[nH]c(C)c1NS(=O)(=O)c1ccc(Cl)cc1[N+](=O)[O-]. The Bertz CT molecular complexity index is 796. The van der Waals surface area contributed by atoms with E-state index < -0.39 is 25.5 Å². The number of H-pyrrole nitrogens is 1. The average Bonchev–Trinajstić information content (AvgIpc) is 2.69. The van der Waals surface area contributed by atoms with Crippen LogP contribution >= 0.6 is 11.6 Å². The number of nitro benzene ring substituents is 1. The minimum atomic E-state index is -4.13. The standard InChI is InChI=1S/C11H11ClN4O4S/c1-6-11(7(2)14-13-6)15-21(19,20)10-4-3-8(12)5-9(10)16(17)18/h3-5,15H,1-2H3,(H,13,14). The second-order valence-corrected chi connectivity index (χ2v) is 6.37. The summed E-state index contributed by atoms with van der Waals surface area (Å²) in [5.74, 6) is 0. The van der Waals surface area contributed by atoms with E-state index in [9.17, 15) is 18.5 Å². The Morgan fingerprint density at radius 1 is 1.38 bits per heavy atom. The quantitative estimate of drug-likeness (QED) is 0.659. The largest absolute Gasteiger partial charge is 0.291 e. The van der Waals surface area contributed by atoms with E-state index >= 15 is 0 Å². The van der Waals surface area contributed by atoms with Gasteiger partial charge < -0.3 is 0 Å². The first-order valence-corrected chi connectivity index (χ1v) is 7.57. The van der Waals surface area contributed by atoms with E-state index in [1.807, 2.05) is 0 Å². The number of nitro groups is 1. The molecule has 21 heavy (non-hydrogen) atoms. The highest BCUT2D eigenvalue weighted by molar-refractivity contribution is 7.92. The van der Waals surface area contributed by atoms with Gasteiger partial charge in [-0.15, -0.1) is 0 Å². The molecule has 0 aliphatic heterocycles. The maximum absolute atomic E-state index is 12.3. The summed E-state index contributed by atoms with van der Waals surface area (Å²) >= 11 is 5.67. The van der Waals surface area contributed by atoms with Crippen LogP contribution in [0.15, 0.2) is 23.1 Å². The number of aromatic amines is 1. The third kappa shape index (κ3) is 2.98. The Kier molecular flexibility index (Phi) is 3.88. The molecule has 0 spiro atoms. The Balaban J connectivity index is 2.53. The Morgan fingerprint density at radius 2 is 2.05 bits per heavy atom. The summed E-state index contributed by atoms with van der Waals surface area (Å²) in [6, 6.07) is 3.36. The number of nitrogens with one attached hydrogen (secondary N) is 2. The predicted octanol–water partition coefficient (Wildman–Crippen LogP) is 2.39. The van der Waals surface area contributed by atoms with E-state index in [0.29, 0.717) is 11.4 Å². The molecule has 0 aliphatic carbocycles. The van der Waals surface area contributed by atoms with E-state index in [-0.39, 0.29) is 10.7 Å². The third-order valence-electron chi connectivity index (χ3n) is 2.77. The molecule has 2 aromatic rings. The Hall–Kier alpha value is -2.13. The molecular weight excluding hydrogens is 320 g/mol. The lowest BCUT2D eigenvalue weighted by atomic mass is 10.3. The number of hydrogen-bond acceptors (Lipinski definition) is 5. The minimum Gasteiger partial charge on any atom is -0.280 e. The zero-order chi connectivity index (χ0) is 15.8. The van der Waals surface area contributed by atoms with Crippen molar-refractivity contribution in [3.63, 3.8) is 0 Å². The van der Waals surface area contributed by atoms with Crippen LogP contribution < -0.4 is 4.72 Å². The number of aromatic nitrogens is 2. The molecule has 0 amide bonds. The van der Waals surface area contributed by atoms with Crippen molar-refractivity contribution in [3.05, 3.63) is 44.7 Å². The van der Waals surface area contributed by atoms with Crippen molar-refractivity contribution in [1.82, 2.24) is 10.2 Å². The number of benzene rings is 1. The molecule has 0 fully saturated rings. The van der Waals surface area contributed by atoms with Gasteiger partial charge in [-0.1, -0.05) is 11.6 Å². The number of sulfonamides is 1. The number of nitrogens with zero attached hydrogens (tertiary/aromatic N) is 2. The molecule has 0 unspecified atom stereocenters. The van der Waals surface area contributed by atoms with Gasteiger partial charge in [-0.25, -0.2) is 8.42 Å². The molecule has 1 aromatic heterocycles. The van der Waals surface area contributed by atoms with Crippen molar-refractivity contribution in [2.75, 3.05) is 4.72 Å². The molecule has 0 saturated carbocycles. The first-order valence-electron chi connectivity index (χ1n) is 5.70. The van der Waals surface area contributed by atoms with Crippen molar-refractivity contribution < 1.29 is 13.3 Å². The van der Waals surface area contributed by atoms with Gasteiger partial charge in [0.2, 0.25) is 0 Å². The molecule has 0 aliphatic rings. The Morgan fingerprint density at radius 3 is 2.57 bits per heavy atom. The Labute approximate surface area is 125 Å². The molecule has 1 aromatic carbocycles. The number of aryl methyl sites for hydroxylation is 2. The molecule has 2 N–H and O–H groups in total. The molecule has 0 bridgehead atoms. The van der Waals surface area contributed by atoms with Crippen LogP contribution in [0.2, 0.25) is 5.02 Å². The lowest BCUT2D eigenvalue weighted by Crippen LogP contribution is -2.15. The van der Waals surface area contributed by atoms with Gasteiger partial charge in [0, 0.05) is 11.1 Å². The predicted molar refractivity (Wildman–Crippen MR) is 77.0 cm³/mol. The van der Waals surface area contributed by atoms with Crippen LogP contribution in [0.25, 0.3) is 0 Å². The molecule has 0 radical (unpaired) electrons. The molecule has 10 heteroatoms. The number of halogens is 1. The van der Waals surface area contributed by atoms with Gasteiger partial charge in [0.05, 0.1) is 22.0 Å². The lowest BCUT2D eigenvalue weighted by molar-refractivity contribution is -0.387. The van der Waals surface area contributed by atoms with E-state index in [2.05, 4.69) is 14.9 Å². The highest BCUT2D eigenvalue weighted by atomic mass is 35.5. The van der Waals surface area contributed by atoms with Crippen LogP contribution in [0.3, 0.4) is 0 Å². The van der Waals surface area contributed by atoms with Gasteiger partial charge in [-0.05, 0) is 26.0 Å². The summed E-state index contributed by atoms with van der Waals surface area (Å²) < 4.78 is 27.0. The fourth-order valence-corrected chi connectivity index (χ4v) is 3.25. The van der Waals surface area contributed by atoms with Crippen LogP contribution in [0.5, 0.6) is 0 Å². The second kappa shape index (κ2) is 5.34. The lowest BCUT2D eigenvalue weighted by Gasteiger charge is -2.08. The normalized spacial score (nSPS) is 11.4. The molecule has 112 valence electrons. The summed E-state index contributed by atoms with van der Waals surface area (Å²) in [4.78, 5) is 9.74. The van der Waals surface area contributed by atoms with Crippen molar-refractivity contribution in [2.24, 2.45) is 0 Å². The van der Waals surface area contributed by atoms with Crippen molar-refractivity contribution in [1.29, 1.82) is 0 Å². The van der Waals surface area contributed by atoms with Gasteiger partial charge in [-0.3, -0.25) is 19.9 Å². The number of rotatable bonds is 4. The summed E-state index contributed by atoms with van der Waals surface area (Å²) in [5.41, 5.74) is 0.619. The van der Waals surface area contributed by atoms with Crippen LogP contribution in [0, 0.1) is 24.0 Å². The first kappa shape index (κ1) is 15.3. The van der Waals surface area contributed by atoms with E-state index in [4.69, 9.17) is 11.6 Å². The van der Waals surface area contributed by atoms with Crippen LogP contribution in [0.4, 0.5) is 11.4 Å². The van der Waals surface area contributed by atoms with Gasteiger partial charge in [-0.2, -0.15) is 5.10 Å². The zero-order valence-electron chi connectivity index (χ0n) is 11.0. The fourth-order valence-electron chi connectivity index (χ4n) is 1.75. The van der Waals surface area contributed by atoms with E-state index in [1.54, 1.807) is 13.8 Å². The van der Waals surface area contributed by atoms with Gasteiger partial charge in [0.25, 0.3) is 15.7 Å². The van der Waals surface area contributed by atoms with Gasteiger partial charge in [0.1, 0.15) is 0 Å². The monoisotopic (exact) mass is 330 g/mol. The third-order valence-corrected chi connectivity index (χ3v) is 4.40. The average molecular weight is 331 g/mol. The molecule has 2 rings (SSSR count). The van der Waals surface area contributed by atoms with Crippen molar-refractivity contribution >= 4 is 33.0 Å². The zero-order valence-corrected chi connectivity index (χ0v) is 12.6. The van der Waals surface area contributed by atoms with E-state index in [0.717, 1.165) is 12.1 Å². The highest BCUT2D eigenvalue weighted by Gasteiger charge is 2.27. The fraction of sp³-hybridized carbons (Fsp3) is 0.182. The summed E-state index contributed by atoms with van der Waals surface area (Å²) in [6.45, 7) is 3.24. The summed E-state index contributed by atoms with van der Waals surface area (Å²) in [6.07, 6.45) is 0. The molecular formula is C11H11ClN4O4S. The summed E-state index contributed by atoms with van der Waals surface area (Å²) in [7, 11) is -4.13. The maximum Gasteiger partial charge on any atom is 0.291 e. The number of hydrogen-bond donors (Lipinski definition) is 2. The second-order valence-electron chi connectivity index (χ2n) is 4.28. The van der Waals surface area contributed by atoms with Crippen LogP contribution in [-0.4, -0.2) is 23.5 Å². The smallest absolute Gasteiger partial charge is 0.280 e. The van der Waals surface area contributed by atoms with Crippen LogP contribution in [-0.2, 0) is 10.0 Å². The molecule has 8 nitrogen and oxygen atoms in total. The molecule has 0 atom stereocenters. The molecule has 0 saturated heterocycles. The van der Waals surface area contributed by atoms with Crippen molar-refractivity contribution in [2.45, 2.75) is 18.7 Å². The summed E-state index contributed by atoms with van der Waals surface area (Å²) in [5, 5.41) is 17.6. The highest BCUT2D eigenvalue weighted by Crippen LogP contribution is 2.29. The van der Waals surface area contributed by atoms with E-state index in [1.165, 1.54) is 6.07 Å². The first-order chi connectivity index (χ1) is 9.72. The molecule has 1 heterocycles.